The van der Waals surface area contributed by atoms with E-state index in [9.17, 15) is 13.2 Å². The van der Waals surface area contributed by atoms with Gasteiger partial charge in [-0.1, -0.05) is 0 Å². The van der Waals surface area contributed by atoms with Gasteiger partial charge in [0.05, 0.1) is 10.5 Å². The van der Waals surface area contributed by atoms with Crippen molar-refractivity contribution in [3.63, 3.8) is 0 Å². The van der Waals surface area contributed by atoms with Crippen LogP contribution < -0.4 is 4.72 Å². The molecular formula is C9H11NO4S. The average Bonchev–Trinajstić information content (AvgIpc) is 2.17. The third-order valence-electron chi connectivity index (χ3n) is 2.01. The molecule has 0 aromatic heterocycles. The molecule has 1 aromatic rings. The zero-order valence-corrected chi connectivity index (χ0v) is 9.13. The Balaban J connectivity index is 3.30. The Morgan fingerprint density at radius 2 is 2.00 bits per heavy atom. The first-order valence-corrected chi connectivity index (χ1v) is 5.64. The quantitative estimate of drug-likeness (QED) is 0.795. The fourth-order valence-electron chi connectivity index (χ4n) is 1.16. The molecular weight excluding hydrogens is 218 g/mol. The molecule has 0 atom stereocenters. The number of benzene rings is 1. The molecule has 2 N–H and O–H groups in total. The Morgan fingerprint density at radius 3 is 2.40 bits per heavy atom. The van der Waals surface area contributed by atoms with E-state index in [4.69, 9.17) is 5.11 Å². The smallest absolute Gasteiger partial charge is 0.335 e. The summed E-state index contributed by atoms with van der Waals surface area (Å²) in [5, 5.41) is 8.75. The Kier molecular flexibility index (Phi) is 3.11. The summed E-state index contributed by atoms with van der Waals surface area (Å²) < 4.78 is 24.9. The van der Waals surface area contributed by atoms with Crippen LogP contribution in [-0.4, -0.2) is 26.5 Å². The standard InChI is InChI=1S/C9H11NO4S/c1-6-5-7(15(13,14)10-2)3-4-8(6)9(11)12/h3-5,10H,1-2H3,(H,11,12). The normalized spacial score (nSPS) is 11.3. The molecule has 0 aliphatic heterocycles. The van der Waals surface area contributed by atoms with Gasteiger partial charge in [0, 0.05) is 0 Å². The molecule has 0 radical (unpaired) electrons. The summed E-state index contributed by atoms with van der Waals surface area (Å²) in [7, 11) is -2.20. The van der Waals surface area contributed by atoms with E-state index in [1.165, 1.54) is 25.2 Å². The molecule has 0 fully saturated rings. The van der Waals surface area contributed by atoms with Crippen LogP contribution in [0, 0.1) is 6.92 Å². The van der Waals surface area contributed by atoms with Crippen molar-refractivity contribution in [2.75, 3.05) is 7.05 Å². The van der Waals surface area contributed by atoms with Crippen molar-refractivity contribution in [1.82, 2.24) is 4.72 Å². The summed E-state index contributed by atoms with van der Waals surface area (Å²) in [6.07, 6.45) is 0. The van der Waals surface area contributed by atoms with Crippen molar-refractivity contribution in [2.24, 2.45) is 0 Å². The lowest BCUT2D eigenvalue weighted by Crippen LogP contribution is -2.19. The zero-order chi connectivity index (χ0) is 11.6. The summed E-state index contributed by atoms with van der Waals surface area (Å²) in [6.45, 7) is 1.55. The largest absolute Gasteiger partial charge is 0.478 e. The average molecular weight is 229 g/mol. The van der Waals surface area contributed by atoms with Crippen LogP contribution in [0.4, 0.5) is 0 Å². The molecule has 1 rings (SSSR count). The minimum Gasteiger partial charge on any atom is -0.478 e. The summed E-state index contributed by atoms with van der Waals surface area (Å²) in [4.78, 5) is 10.7. The number of sulfonamides is 1. The van der Waals surface area contributed by atoms with E-state index in [2.05, 4.69) is 4.72 Å². The van der Waals surface area contributed by atoms with E-state index in [1.54, 1.807) is 6.92 Å². The van der Waals surface area contributed by atoms with Crippen molar-refractivity contribution in [2.45, 2.75) is 11.8 Å². The van der Waals surface area contributed by atoms with Crippen LogP contribution in [0.2, 0.25) is 0 Å². The second-order valence-corrected chi connectivity index (χ2v) is 4.88. The molecule has 0 saturated carbocycles. The Bertz CT molecular complexity index is 493. The highest BCUT2D eigenvalue weighted by atomic mass is 32.2. The van der Waals surface area contributed by atoms with E-state index in [1.807, 2.05) is 0 Å². The first-order valence-electron chi connectivity index (χ1n) is 4.16. The van der Waals surface area contributed by atoms with Gasteiger partial charge < -0.3 is 5.11 Å². The number of carboxylic acids is 1. The number of aromatic carboxylic acids is 1. The highest BCUT2D eigenvalue weighted by Crippen LogP contribution is 2.14. The van der Waals surface area contributed by atoms with E-state index in [0.29, 0.717) is 5.56 Å². The lowest BCUT2D eigenvalue weighted by molar-refractivity contribution is 0.0696. The van der Waals surface area contributed by atoms with Gasteiger partial charge in [0.15, 0.2) is 0 Å². The van der Waals surface area contributed by atoms with E-state index in [-0.39, 0.29) is 10.5 Å². The number of hydrogen-bond acceptors (Lipinski definition) is 3. The van der Waals surface area contributed by atoms with Crippen LogP contribution in [0.5, 0.6) is 0 Å². The predicted molar refractivity (Wildman–Crippen MR) is 54.4 cm³/mol. The van der Waals surface area contributed by atoms with Crippen LogP contribution in [0.3, 0.4) is 0 Å². The number of rotatable bonds is 3. The van der Waals surface area contributed by atoms with Crippen LogP contribution in [0.1, 0.15) is 15.9 Å². The number of aryl methyl sites for hydroxylation is 1. The number of hydrogen-bond donors (Lipinski definition) is 2. The van der Waals surface area contributed by atoms with Gasteiger partial charge in [-0.05, 0) is 37.7 Å². The topological polar surface area (TPSA) is 83.5 Å². The number of carboxylic acid groups (broad SMARTS) is 1. The fourth-order valence-corrected chi connectivity index (χ4v) is 1.98. The van der Waals surface area contributed by atoms with Crippen LogP contribution in [0.25, 0.3) is 0 Å². The molecule has 0 amide bonds. The van der Waals surface area contributed by atoms with Crippen molar-refractivity contribution >= 4 is 16.0 Å². The van der Waals surface area contributed by atoms with E-state index < -0.39 is 16.0 Å². The maximum absolute atomic E-state index is 11.4. The third kappa shape index (κ3) is 2.34. The maximum atomic E-state index is 11.4. The Morgan fingerprint density at radius 1 is 1.40 bits per heavy atom. The number of carbonyl (C=O) groups is 1. The van der Waals surface area contributed by atoms with Gasteiger partial charge in [-0.15, -0.1) is 0 Å². The summed E-state index contributed by atoms with van der Waals surface area (Å²) in [5.74, 6) is -1.07. The molecule has 0 bridgehead atoms. The molecule has 6 heteroatoms. The van der Waals surface area contributed by atoms with Crippen molar-refractivity contribution in [1.29, 1.82) is 0 Å². The molecule has 0 heterocycles. The van der Waals surface area contributed by atoms with Crippen LogP contribution >= 0.6 is 0 Å². The lowest BCUT2D eigenvalue weighted by atomic mass is 10.1. The molecule has 82 valence electrons. The summed E-state index contributed by atoms with van der Waals surface area (Å²) >= 11 is 0. The highest BCUT2D eigenvalue weighted by molar-refractivity contribution is 7.89. The fraction of sp³-hybridized carbons (Fsp3) is 0.222. The maximum Gasteiger partial charge on any atom is 0.335 e. The van der Waals surface area contributed by atoms with Crippen LogP contribution in [-0.2, 0) is 10.0 Å². The van der Waals surface area contributed by atoms with Gasteiger partial charge in [0.25, 0.3) is 0 Å². The molecule has 0 unspecified atom stereocenters. The molecule has 0 spiro atoms. The second kappa shape index (κ2) is 4.00. The Labute approximate surface area is 87.8 Å². The van der Waals surface area contributed by atoms with Crippen LogP contribution in [0.15, 0.2) is 23.1 Å². The predicted octanol–water partition coefficient (Wildman–Crippen LogP) is 0.601. The molecule has 5 nitrogen and oxygen atoms in total. The zero-order valence-electron chi connectivity index (χ0n) is 8.31. The minimum absolute atomic E-state index is 0.0625. The SMILES string of the molecule is CNS(=O)(=O)c1ccc(C(=O)O)c(C)c1. The van der Waals surface area contributed by atoms with Gasteiger partial charge in [-0.2, -0.15) is 0 Å². The number of nitrogens with one attached hydrogen (secondary N) is 1. The van der Waals surface area contributed by atoms with Gasteiger partial charge in [0.2, 0.25) is 10.0 Å². The van der Waals surface area contributed by atoms with Gasteiger partial charge in [0.1, 0.15) is 0 Å². The van der Waals surface area contributed by atoms with Crippen molar-refractivity contribution in [3.05, 3.63) is 29.3 Å². The molecule has 15 heavy (non-hydrogen) atoms. The summed E-state index contributed by atoms with van der Waals surface area (Å²) in [6, 6.07) is 3.87. The molecule has 0 aliphatic carbocycles. The van der Waals surface area contributed by atoms with Gasteiger partial charge in [-0.25, -0.2) is 17.9 Å². The van der Waals surface area contributed by atoms with Crippen molar-refractivity contribution in [3.8, 4) is 0 Å². The van der Waals surface area contributed by atoms with E-state index in [0.717, 1.165) is 0 Å². The molecule has 0 aliphatic rings. The Hall–Kier alpha value is -1.40. The molecule has 1 aromatic carbocycles. The minimum atomic E-state index is -3.51. The molecule has 0 saturated heterocycles. The van der Waals surface area contributed by atoms with E-state index >= 15 is 0 Å². The highest BCUT2D eigenvalue weighted by Gasteiger charge is 2.14. The first-order chi connectivity index (χ1) is 6.88. The second-order valence-electron chi connectivity index (χ2n) is 2.99. The van der Waals surface area contributed by atoms with Gasteiger partial charge in [-0.3, -0.25) is 0 Å². The monoisotopic (exact) mass is 229 g/mol. The summed E-state index contributed by atoms with van der Waals surface area (Å²) in [5.41, 5.74) is 0.517. The first kappa shape index (κ1) is 11.7. The van der Waals surface area contributed by atoms with Crippen molar-refractivity contribution < 1.29 is 18.3 Å². The van der Waals surface area contributed by atoms with Gasteiger partial charge >= 0.3 is 5.97 Å². The third-order valence-corrected chi connectivity index (χ3v) is 3.42. The lowest BCUT2D eigenvalue weighted by Gasteiger charge is -2.05.